The molecule has 2 nitrogen and oxygen atoms in total. The van der Waals surface area contributed by atoms with Crippen LogP contribution in [0.2, 0.25) is 0 Å². The first kappa shape index (κ1) is 34.9. The standard InChI is InChI=1S/C35H59NO/c1-9-28-36-35(37)27-26-34(8)25-15-24-33(7)23-14-21-31(5)18-11-10-17-30(4)20-13-22-32(6)19-12-16-29(2)3/h16-18,22-23,25H,9-15,19-21,24,26-28H2,1-8H3,(H,36,37)/b30-17+,31-18+,32-22+,33-23+,34-25+. The molecule has 0 aromatic heterocycles. The Hall–Kier alpha value is -2.09. The summed E-state index contributed by atoms with van der Waals surface area (Å²) in [6.45, 7) is 18.4. The zero-order valence-corrected chi connectivity index (χ0v) is 25.8. The number of unbranched alkanes of at least 4 members (excludes halogenated alkanes) is 1. The molecule has 0 bridgehead atoms. The van der Waals surface area contributed by atoms with Crippen LogP contribution in [-0.2, 0) is 4.79 Å². The smallest absolute Gasteiger partial charge is 0.220 e. The molecular formula is C35H59NO. The van der Waals surface area contributed by atoms with Crippen molar-refractivity contribution in [2.75, 3.05) is 6.54 Å². The highest BCUT2D eigenvalue weighted by Gasteiger charge is 2.00. The molecule has 0 spiro atoms. The Kier molecular flexibility index (Phi) is 21.8. The van der Waals surface area contributed by atoms with E-state index in [9.17, 15) is 4.79 Å². The van der Waals surface area contributed by atoms with Crippen LogP contribution in [-0.4, -0.2) is 12.5 Å². The first-order valence-corrected chi connectivity index (χ1v) is 14.8. The molecule has 0 saturated carbocycles. The van der Waals surface area contributed by atoms with Crippen LogP contribution in [0, 0.1) is 0 Å². The third-order valence-electron chi connectivity index (χ3n) is 6.66. The summed E-state index contributed by atoms with van der Waals surface area (Å²) in [4.78, 5) is 11.7. The van der Waals surface area contributed by atoms with Crippen LogP contribution in [0.1, 0.15) is 139 Å². The summed E-state index contributed by atoms with van der Waals surface area (Å²) < 4.78 is 0. The van der Waals surface area contributed by atoms with E-state index in [0.29, 0.717) is 6.42 Å². The first-order chi connectivity index (χ1) is 17.6. The molecule has 1 N–H and O–H groups in total. The summed E-state index contributed by atoms with van der Waals surface area (Å²) in [6, 6.07) is 0. The molecule has 0 radical (unpaired) electrons. The van der Waals surface area contributed by atoms with Crippen LogP contribution >= 0.6 is 0 Å². The van der Waals surface area contributed by atoms with E-state index in [4.69, 9.17) is 0 Å². The van der Waals surface area contributed by atoms with Crippen molar-refractivity contribution in [2.45, 2.75) is 139 Å². The van der Waals surface area contributed by atoms with Crippen molar-refractivity contribution >= 4 is 5.91 Å². The Bertz CT molecular complexity index is 812. The predicted octanol–water partition coefficient (Wildman–Crippen LogP) is 10.9. The normalized spacial score (nSPS) is 13.7. The number of carbonyl (C=O) groups excluding carboxylic acids is 1. The molecule has 1 amide bonds. The van der Waals surface area contributed by atoms with Gasteiger partial charge in [-0.15, -0.1) is 0 Å². The van der Waals surface area contributed by atoms with E-state index in [0.717, 1.165) is 64.3 Å². The number of hydrogen-bond acceptors (Lipinski definition) is 1. The van der Waals surface area contributed by atoms with Crippen molar-refractivity contribution in [1.29, 1.82) is 0 Å². The summed E-state index contributed by atoms with van der Waals surface area (Å²) in [5.74, 6) is 0.171. The van der Waals surface area contributed by atoms with E-state index in [1.165, 1.54) is 52.7 Å². The quantitative estimate of drug-likeness (QED) is 0.128. The average Bonchev–Trinajstić information content (AvgIpc) is 2.83. The number of nitrogens with one attached hydrogen (secondary N) is 1. The fourth-order valence-electron chi connectivity index (χ4n) is 4.06. The van der Waals surface area contributed by atoms with E-state index >= 15 is 0 Å². The van der Waals surface area contributed by atoms with Crippen LogP contribution in [0.3, 0.4) is 0 Å². The second-order valence-electron chi connectivity index (χ2n) is 11.1. The molecule has 0 atom stereocenters. The maximum atomic E-state index is 11.7. The Balaban J connectivity index is 4.11. The van der Waals surface area contributed by atoms with Crippen LogP contribution in [0.4, 0.5) is 0 Å². The van der Waals surface area contributed by atoms with Crippen LogP contribution in [0.5, 0.6) is 0 Å². The van der Waals surface area contributed by atoms with E-state index < -0.39 is 0 Å². The number of amides is 1. The lowest BCUT2D eigenvalue weighted by Crippen LogP contribution is -2.23. The number of allylic oxidation sites excluding steroid dienone is 12. The lowest BCUT2D eigenvalue weighted by Gasteiger charge is -2.04. The molecule has 0 rings (SSSR count). The third-order valence-corrected chi connectivity index (χ3v) is 6.66. The van der Waals surface area contributed by atoms with Crippen molar-refractivity contribution in [1.82, 2.24) is 5.32 Å². The third kappa shape index (κ3) is 24.0. The number of carbonyl (C=O) groups is 1. The van der Waals surface area contributed by atoms with Gasteiger partial charge in [0.15, 0.2) is 0 Å². The minimum Gasteiger partial charge on any atom is -0.356 e. The van der Waals surface area contributed by atoms with Crippen LogP contribution in [0.15, 0.2) is 69.9 Å². The van der Waals surface area contributed by atoms with E-state index in [2.05, 4.69) is 97.2 Å². The Labute approximate surface area is 231 Å². The lowest BCUT2D eigenvalue weighted by molar-refractivity contribution is -0.121. The minimum absolute atomic E-state index is 0.171. The van der Waals surface area contributed by atoms with Gasteiger partial charge in [-0.25, -0.2) is 0 Å². The molecule has 0 fully saturated rings. The van der Waals surface area contributed by atoms with Gasteiger partial charge in [0, 0.05) is 13.0 Å². The monoisotopic (exact) mass is 509 g/mol. The largest absolute Gasteiger partial charge is 0.356 e. The van der Waals surface area contributed by atoms with Crippen molar-refractivity contribution in [2.24, 2.45) is 0 Å². The zero-order valence-electron chi connectivity index (χ0n) is 25.8. The van der Waals surface area contributed by atoms with E-state index in [-0.39, 0.29) is 5.91 Å². The van der Waals surface area contributed by atoms with Gasteiger partial charge in [0.05, 0.1) is 0 Å². The summed E-state index contributed by atoms with van der Waals surface area (Å²) in [7, 11) is 0. The molecule has 210 valence electrons. The first-order valence-electron chi connectivity index (χ1n) is 14.8. The van der Waals surface area contributed by atoms with Gasteiger partial charge in [0.25, 0.3) is 0 Å². The number of rotatable bonds is 20. The molecule has 0 aromatic carbocycles. The molecular weight excluding hydrogens is 450 g/mol. The topological polar surface area (TPSA) is 29.1 Å². The van der Waals surface area contributed by atoms with Crippen LogP contribution in [0.25, 0.3) is 0 Å². The summed E-state index contributed by atoms with van der Waals surface area (Å²) in [5.41, 5.74) is 8.74. The molecule has 0 unspecified atom stereocenters. The zero-order chi connectivity index (χ0) is 27.9. The molecule has 0 aromatic rings. The van der Waals surface area contributed by atoms with Gasteiger partial charge in [-0.05, 0) is 126 Å². The van der Waals surface area contributed by atoms with Gasteiger partial charge >= 0.3 is 0 Å². The second-order valence-corrected chi connectivity index (χ2v) is 11.1. The highest BCUT2D eigenvalue weighted by atomic mass is 16.1. The van der Waals surface area contributed by atoms with Crippen molar-refractivity contribution in [3.05, 3.63) is 69.9 Å². The van der Waals surface area contributed by atoms with Gasteiger partial charge < -0.3 is 5.32 Å². The maximum Gasteiger partial charge on any atom is 0.220 e. The number of hydrogen-bond donors (Lipinski definition) is 1. The minimum atomic E-state index is 0.171. The molecule has 0 aliphatic heterocycles. The van der Waals surface area contributed by atoms with Gasteiger partial charge in [-0.3, -0.25) is 4.79 Å². The van der Waals surface area contributed by atoms with Gasteiger partial charge in [0.2, 0.25) is 5.91 Å². The summed E-state index contributed by atoms with van der Waals surface area (Å²) >= 11 is 0. The Morgan fingerprint density at radius 1 is 0.486 bits per heavy atom. The van der Waals surface area contributed by atoms with E-state index in [1.807, 2.05) is 0 Å². The molecule has 2 heteroatoms. The highest BCUT2D eigenvalue weighted by molar-refractivity contribution is 5.76. The molecule has 0 saturated heterocycles. The highest BCUT2D eigenvalue weighted by Crippen LogP contribution is 2.15. The summed E-state index contributed by atoms with van der Waals surface area (Å²) in [5, 5.41) is 2.95. The van der Waals surface area contributed by atoms with Crippen LogP contribution < -0.4 is 5.32 Å². The molecule has 0 heterocycles. The summed E-state index contributed by atoms with van der Waals surface area (Å²) in [6.07, 6.45) is 28.2. The van der Waals surface area contributed by atoms with Gasteiger partial charge in [0.1, 0.15) is 0 Å². The predicted molar refractivity (Wildman–Crippen MR) is 167 cm³/mol. The lowest BCUT2D eigenvalue weighted by atomic mass is 10.0. The van der Waals surface area contributed by atoms with Crippen molar-refractivity contribution in [3.8, 4) is 0 Å². The fraction of sp³-hybridized carbons (Fsp3) is 0.629. The average molecular weight is 510 g/mol. The van der Waals surface area contributed by atoms with Gasteiger partial charge in [-0.1, -0.05) is 76.8 Å². The fourth-order valence-corrected chi connectivity index (χ4v) is 4.06. The SMILES string of the molecule is CCCNC(=O)CC/C(C)=C/CC/C(C)=C/CC/C(C)=C/CC/C=C(\C)CC/C=C(\C)CCC=C(C)C. The molecule has 0 aliphatic carbocycles. The molecule has 37 heavy (non-hydrogen) atoms. The van der Waals surface area contributed by atoms with Gasteiger partial charge in [-0.2, -0.15) is 0 Å². The van der Waals surface area contributed by atoms with Crippen molar-refractivity contribution in [3.63, 3.8) is 0 Å². The maximum absolute atomic E-state index is 11.7. The molecule has 0 aliphatic rings. The Morgan fingerprint density at radius 2 is 0.838 bits per heavy atom. The van der Waals surface area contributed by atoms with E-state index in [1.54, 1.807) is 0 Å². The Morgan fingerprint density at radius 3 is 1.22 bits per heavy atom. The second kappa shape index (κ2) is 23.1. The van der Waals surface area contributed by atoms with Crippen molar-refractivity contribution < 1.29 is 4.79 Å².